The summed E-state index contributed by atoms with van der Waals surface area (Å²) in [5, 5.41) is 0. The van der Waals surface area contributed by atoms with Gasteiger partial charge in [0.25, 0.3) is 0 Å². The monoisotopic (exact) mass is 256 g/mol. The zero-order valence-electron chi connectivity index (χ0n) is 9.93. The highest BCUT2D eigenvalue weighted by molar-refractivity contribution is 7.89. The van der Waals surface area contributed by atoms with Gasteiger partial charge in [-0.2, -0.15) is 0 Å². The van der Waals surface area contributed by atoms with Crippen LogP contribution >= 0.6 is 0 Å². The fourth-order valence-corrected chi connectivity index (χ4v) is 2.96. The Morgan fingerprint density at radius 2 is 2.06 bits per heavy atom. The fourth-order valence-electron chi connectivity index (χ4n) is 1.86. The van der Waals surface area contributed by atoms with E-state index in [0.717, 1.165) is 18.4 Å². The number of nitrogens with zero attached hydrogens (tertiary/aromatic N) is 1. The largest absolute Gasteiger partial charge is 0.492 e. The SMILES string of the molecule is CN(C)S(=O)(=O)c1cc(N)cc2c1OCCC2. The number of hydrogen-bond donors (Lipinski definition) is 1. The van der Waals surface area contributed by atoms with Gasteiger partial charge in [-0.3, -0.25) is 0 Å². The molecule has 0 saturated heterocycles. The Hall–Kier alpha value is -1.27. The maximum atomic E-state index is 12.1. The van der Waals surface area contributed by atoms with Crippen LogP contribution in [-0.2, 0) is 16.4 Å². The molecule has 0 bridgehead atoms. The van der Waals surface area contributed by atoms with E-state index in [0.29, 0.717) is 18.0 Å². The van der Waals surface area contributed by atoms with Crippen LogP contribution in [0.4, 0.5) is 5.69 Å². The molecular formula is C11H16N2O3S. The molecule has 0 unspecified atom stereocenters. The molecule has 1 aromatic carbocycles. The molecule has 0 fully saturated rings. The minimum Gasteiger partial charge on any atom is -0.492 e. The molecule has 1 aromatic rings. The van der Waals surface area contributed by atoms with Gasteiger partial charge in [0.15, 0.2) is 0 Å². The lowest BCUT2D eigenvalue weighted by molar-refractivity contribution is 0.280. The van der Waals surface area contributed by atoms with Crippen molar-refractivity contribution < 1.29 is 13.2 Å². The van der Waals surface area contributed by atoms with E-state index in [-0.39, 0.29) is 4.90 Å². The number of anilines is 1. The summed E-state index contributed by atoms with van der Waals surface area (Å²) in [5.41, 5.74) is 7.07. The van der Waals surface area contributed by atoms with E-state index in [1.54, 1.807) is 6.07 Å². The van der Waals surface area contributed by atoms with Crippen molar-refractivity contribution in [2.24, 2.45) is 0 Å². The van der Waals surface area contributed by atoms with Crippen molar-refractivity contribution in [3.63, 3.8) is 0 Å². The molecule has 94 valence electrons. The van der Waals surface area contributed by atoms with Gasteiger partial charge in [0.2, 0.25) is 10.0 Å². The third kappa shape index (κ3) is 2.10. The molecule has 1 aliphatic heterocycles. The van der Waals surface area contributed by atoms with Crippen molar-refractivity contribution in [1.82, 2.24) is 4.31 Å². The standard InChI is InChI=1S/C11H16N2O3S/c1-13(2)17(14,15)10-7-9(12)6-8-4-3-5-16-11(8)10/h6-7H,3-5,12H2,1-2H3. The second kappa shape index (κ2) is 4.19. The Morgan fingerprint density at radius 1 is 1.35 bits per heavy atom. The summed E-state index contributed by atoms with van der Waals surface area (Å²) in [6.45, 7) is 0.548. The number of sulfonamides is 1. The van der Waals surface area contributed by atoms with Gasteiger partial charge in [0, 0.05) is 19.8 Å². The Balaban J connectivity index is 2.65. The Kier molecular flexibility index (Phi) is 3.01. The minimum atomic E-state index is -3.51. The van der Waals surface area contributed by atoms with Crippen LogP contribution in [0.5, 0.6) is 5.75 Å². The molecule has 1 heterocycles. The average molecular weight is 256 g/mol. The third-order valence-corrected chi connectivity index (χ3v) is 4.57. The maximum absolute atomic E-state index is 12.1. The molecule has 17 heavy (non-hydrogen) atoms. The van der Waals surface area contributed by atoms with Crippen LogP contribution in [0.15, 0.2) is 17.0 Å². The molecule has 0 radical (unpaired) electrons. The smallest absolute Gasteiger partial charge is 0.246 e. The lowest BCUT2D eigenvalue weighted by Crippen LogP contribution is -2.24. The van der Waals surface area contributed by atoms with Gasteiger partial charge in [-0.1, -0.05) is 0 Å². The molecule has 5 nitrogen and oxygen atoms in total. The van der Waals surface area contributed by atoms with Crippen molar-refractivity contribution in [2.45, 2.75) is 17.7 Å². The van der Waals surface area contributed by atoms with Gasteiger partial charge in [0.1, 0.15) is 10.6 Å². The van der Waals surface area contributed by atoms with Crippen molar-refractivity contribution in [3.8, 4) is 5.75 Å². The van der Waals surface area contributed by atoms with Crippen LogP contribution in [0, 0.1) is 0 Å². The van der Waals surface area contributed by atoms with Gasteiger partial charge in [-0.15, -0.1) is 0 Å². The van der Waals surface area contributed by atoms with Crippen LogP contribution in [-0.4, -0.2) is 33.4 Å². The molecule has 0 aromatic heterocycles. The van der Waals surface area contributed by atoms with E-state index in [1.165, 1.54) is 24.5 Å². The zero-order chi connectivity index (χ0) is 12.6. The zero-order valence-corrected chi connectivity index (χ0v) is 10.8. The van der Waals surface area contributed by atoms with E-state index in [2.05, 4.69) is 0 Å². The van der Waals surface area contributed by atoms with Crippen LogP contribution in [0.2, 0.25) is 0 Å². The van der Waals surface area contributed by atoms with Crippen LogP contribution < -0.4 is 10.5 Å². The summed E-state index contributed by atoms with van der Waals surface area (Å²) in [4.78, 5) is 0.164. The van der Waals surface area contributed by atoms with Crippen molar-refractivity contribution >= 4 is 15.7 Å². The van der Waals surface area contributed by atoms with E-state index < -0.39 is 10.0 Å². The maximum Gasteiger partial charge on any atom is 0.246 e. The van der Waals surface area contributed by atoms with E-state index in [9.17, 15) is 8.42 Å². The number of benzene rings is 1. The van der Waals surface area contributed by atoms with Gasteiger partial charge < -0.3 is 10.5 Å². The van der Waals surface area contributed by atoms with Crippen molar-refractivity contribution in [2.75, 3.05) is 26.4 Å². The molecule has 0 atom stereocenters. The topological polar surface area (TPSA) is 72.6 Å². The Bertz CT molecular complexity index is 538. The number of fused-ring (bicyclic) bond motifs is 1. The number of nitrogen functional groups attached to an aromatic ring is 1. The molecule has 2 N–H and O–H groups in total. The number of ether oxygens (including phenoxy) is 1. The summed E-state index contributed by atoms with van der Waals surface area (Å²) in [6.07, 6.45) is 1.69. The first-order valence-corrected chi connectivity index (χ1v) is 6.84. The normalized spacial score (nSPS) is 15.5. The second-order valence-electron chi connectivity index (χ2n) is 4.25. The van der Waals surface area contributed by atoms with Gasteiger partial charge in [-0.05, 0) is 30.5 Å². The lowest BCUT2D eigenvalue weighted by atomic mass is 10.1. The van der Waals surface area contributed by atoms with Crippen LogP contribution in [0.3, 0.4) is 0 Å². The Morgan fingerprint density at radius 3 is 2.71 bits per heavy atom. The van der Waals surface area contributed by atoms with Crippen molar-refractivity contribution in [1.29, 1.82) is 0 Å². The quantitative estimate of drug-likeness (QED) is 0.796. The first-order chi connectivity index (χ1) is 7.93. The fraction of sp³-hybridized carbons (Fsp3) is 0.455. The number of nitrogens with two attached hydrogens (primary N) is 1. The molecular weight excluding hydrogens is 240 g/mol. The first kappa shape index (κ1) is 12.2. The van der Waals surface area contributed by atoms with E-state index in [1.807, 2.05) is 0 Å². The summed E-state index contributed by atoms with van der Waals surface area (Å²) < 4.78 is 30.9. The van der Waals surface area contributed by atoms with Gasteiger partial charge in [-0.25, -0.2) is 12.7 Å². The Labute approximate surface area is 101 Å². The number of hydrogen-bond acceptors (Lipinski definition) is 4. The average Bonchev–Trinajstić information content (AvgIpc) is 2.27. The highest BCUT2D eigenvalue weighted by atomic mass is 32.2. The van der Waals surface area contributed by atoms with Crippen molar-refractivity contribution in [3.05, 3.63) is 17.7 Å². The molecule has 6 heteroatoms. The highest BCUT2D eigenvalue weighted by Crippen LogP contribution is 2.35. The lowest BCUT2D eigenvalue weighted by Gasteiger charge is -2.22. The molecule has 1 aliphatic rings. The predicted octanol–water partition coefficient (Wildman–Crippen LogP) is 0.844. The van der Waals surface area contributed by atoms with E-state index >= 15 is 0 Å². The third-order valence-electron chi connectivity index (χ3n) is 2.75. The molecule has 0 amide bonds. The summed E-state index contributed by atoms with van der Waals surface area (Å²) in [5.74, 6) is 0.458. The summed E-state index contributed by atoms with van der Waals surface area (Å²) in [7, 11) is -0.525. The minimum absolute atomic E-state index is 0.164. The van der Waals surface area contributed by atoms with Crippen LogP contribution in [0.1, 0.15) is 12.0 Å². The summed E-state index contributed by atoms with van der Waals surface area (Å²) >= 11 is 0. The molecule has 2 rings (SSSR count). The predicted molar refractivity (Wildman–Crippen MR) is 65.5 cm³/mol. The van der Waals surface area contributed by atoms with Gasteiger partial charge in [0.05, 0.1) is 6.61 Å². The van der Waals surface area contributed by atoms with Gasteiger partial charge >= 0.3 is 0 Å². The number of rotatable bonds is 2. The first-order valence-electron chi connectivity index (χ1n) is 5.40. The highest BCUT2D eigenvalue weighted by Gasteiger charge is 2.26. The summed E-state index contributed by atoms with van der Waals surface area (Å²) in [6, 6.07) is 3.24. The molecule has 0 aliphatic carbocycles. The van der Waals surface area contributed by atoms with Crippen LogP contribution in [0.25, 0.3) is 0 Å². The molecule has 0 spiro atoms. The second-order valence-corrected chi connectivity index (χ2v) is 6.37. The van der Waals surface area contributed by atoms with E-state index in [4.69, 9.17) is 10.5 Å². The molecule has 0 saturated carbocycles. The number of aryl methyl sites for hydroxylation is 1.